The highest BCUT2D eigenvalue weighted by Crippen LogP contribution is 2.29. The van der Waals surface area contributed by atoms with Crippen molar-refractivity contribution in [1.82, 2.24) is 14.8 Å². The monoisotopic (exact) mass is 446 g/mol. The lowest BCUT2D eigenvalue weighted by molar-refractivity contribution is 0.0600. The Morgan fingerprint density at radius 2 is 2.00 bits per heavy atom. The molecule has 3 aromatic rings. The van der Waals surface area contributed by atoms with Crippen LogP contribution in [0.25, 0.3) is 5.69 Å². The first kappa shape index (κ1) is 22.0. The second-order valence-electron chi connectivity index (χ2n) is 7.78. The lowest BCUT2D eigenvalue weighted by Gasteiger charge is -2.16. The molecule has 7 nitrogen and oxygen atoms in total. The summed E-state index contributed by atoms with van der Waals surface area (Å²) in [5.41, 5.74) is 1.34. The fourth-order valence-corrected chi connectivity index (χ4v) is 4.01. The van der Waals surface area contributed by atoms with Gasteiger partial charge in [0.25, 0.3) is 5.56 Å². The molecule has 0 fully saturated rings. The van der Waals surface area contributed by atoms with Crippen molar-refractivity contribution in [3.05, 3.63) is 67.5 Å². The molecule has 0 aliphatic carbocycles. The van der Waals surface area contributed by atoms with Gasteiger partial charge in [-0.15, -0.1) is 11.3 Å². The van der Waals surface area contributed by atoms with Crippen molar-refractivity contribution in [2.24, 2.45) is 0 Å². The number of rotatable bonds is 5. The van der Waals surface area contributed by atoms with E-state index in [4.69, 9.17) is 21.3 Å². The van der Waals surface area contributed by atoms with Crippen molar-refractivity contribution in [1.29, 1.82) is 0 Å². The van der Waals surface area contributed by atoms with E-state index in [1.807, 2.05) is 12.3 Å². The SMILES string of the molecule is COC(=O)c1ccccc1-n1ncc(NC(C)c2nc(C(C)(C)C)cs2)c(Cl)c1=O. The number of anilines is 1. The van der Waals surface area contributed by atoms with Gasteiger partial charge in [0.05, 0.1) is 42.0 Å². The third-order valence-corrected chi connectivity index (χ3v) is 5.88. The van der Waals surface area contributed by atoms with Crippen molar-refractivity contribution >= 4 is 34.6 Å². The molecule has 0 saturated heterocycles. The Morgan fingerprint density at radius 3 is 2.63 bits per heavy atom. The van der Waals surface area contributed by atoms with E-state index < -0.39 is 11.5 Å². The van der Waals surface area contributed by atoms with Crippen LogP contribution in [-0.4, -0.2) is 27.8 Å². The summed E-state index contributed by atoms with van der Waals surface area (Å²) in [6, 6.07) is 6.39. The van der Waals surface area contributed by atoms with Crippen LogP contribution in [0, 0.1) is 0 Å². The number of aromatic nitrogens is 3. The Balaban J connectivity index is 1.92. The molecule has 30 heavy (non-hydrogen) atoms. The molecule has 1 N–H and O–H groups in total. The van der Waals surface area contributed by atoms with Crippen molar-refractivity contribution in [2.45, 2.75) is 39.2 Å². The first-order chi connectivity index (χ1) is 14.1. The molecule has 0 saturated carbocycles. The van der Waals surface area contributed by atoms with Crippen LogP contribution in [0.3, 0.4) is 0 Å². The summed E-state index contributed by atoms with van der Waals surface area (Å²) in [6.07, 6.45) is 1.46. The highest BCUT2D eigenvalue weighted by atomic mass is 35.5. The molecule has 1 atom stereocenters. The standard InChI is InChI=1S/C21H23ClN4O3S/c1-12(18-25-16(11-30-18)21(2,3)4)24-14-10-23-26(19(27)17(14)22)15-9-7-6-8-13(15)20(28)29-5/h6-12,24H,1-5H3. The Labute approximate surface area is 183 Å². The number of ether oxygens (including phenoxy) is 1. The number of methoxy groups -OCH3 is 1. The third-order valence-electron chi connectivity index (χ3n) is 4.49. The second kappa shape index (κ2) is 8.57. The number of hydrogen-bond acceptors (Lipinski definition) is 7. The summed E-state index contributed by atoms with van der Waals surface area (Å²) in [7, 11) is 1.28. The summed E-state index contributed by atoms with van der Waals surface area (Å²) in [5, 5.41) is 10.3. The number of thiazole rings is 1. The first-order valence-corrected chi connectivity index (χ1v) is 10.6. The molecule has 0 aliphatic rings. The van der Waals surface area contributed by atoms with Gasteiger partial charge in [-0.05, 0) is 19.1 Å². The van der Waals surface area contributed by atoms with E-state index in [-0.39, 0.29) is 22.0 Å². The summed E-state index contributed by atoms with van der Waals surface area (Å²) < 4.78 is 5.88. The first-order valence-electron chi connectivity index (χ1n) is 9.31. The Morgan fingerprint density at radius 1 is 1.30 bits per heavy atom. The van der Waals surface area contributed by atoms with Crippen LogP contribution in [-0.2, 0) is 10.2 Å². The molecular weight excluding hydrogens is 424 g/mol. The number of nitrogens with zero attached hydrogens (tertiary/aromatic N) is 3. The molecule has 2 heterocycles. The van der Waals surface area contributed by atoms with Crippen LogP contribution < -0.4 is 10.9 Å². The van der Waals surface area contributed by atoms with Crippen molar-refractivity contribution < 1.29 is 9.53 Å². The van der Waals surface area contributed by atoms with Crippen molar-refractivity contribution in [3.63, 3.8) is 0 Å². The van der Waals surface area contributed by atoms with Crippen LogP contribution in [0.1, 0.15) is 54.8 Å². The highest BCUT2D eigenvalue weighted by Gasteiger charge is 2.21. The number of carbonyl (C=O) groups excluding carboxylic acids is 1. The average Bonchev–Trinajstić information content (AvgIpc) is 3.22. The van der Waals surface area contributed by atoms with Gasteiger partial charge in [-0.25, -0.2) is 9.78 Å². The molecule has 158 valence electrons. The molecule has 0 amide bonds. The molecule has 0 radical (unpaired) electrons. The van der Waals surface area contributed by atoms with E-state index in [1.165, 1.54) is 13.3 Å². The summed E-state index contributed by atoms with van der Waals surface area (Å²) in [4.78, 5) is 29.6. The second-order valence-corrected chi connectivity index (χ2v) is 9.05. The Hall–Kier alpha value is -2.71. The van der Waals surface area contributed by atoms with Gasteiger partial charge in [0, 0.05) is 10.8 Å². The van der Waals surface area contributed by atoms with Crippen LogP contribution in [0.5, 0.6) is 0 Å². The zero-order chi connectivity index (χ0) is 22.1. The number of halogens is 1. The number of benzene rings is 1. The summed E-state index contributed by atoms with van der Waals surface area (Å²) in [6.45, 7) is 8.27. The molecule has 0 spiro atoms. The van der Waals surface area contributed by atoms with Gasteiger partial charge < -0.3 is 10.1 Å². The maximum absolute atomic E-state index is 12.9. The maximum atomic E-state index is 12.9. The average molecular weight is 447 g/mol. The van der Waals surface area contributed by atoms with Crippen molar-refractivity contribution in [3.8, 4) is 5.69 Å². The van der Waals surface area contributed by atoms with Gasteiger partial charge in [-0.1, -0.05) is 44.5 Å². The minimum absolute atomic E-state index is 0.0240. The molecule has 3 rings (SSSR count). The molecule has 0 aliphatic heterocycles. The van der Waals surface area contributed by atoms with Gasteiger partial charge in [-0.2, -0.15) is 9.78 Å². The van der Waals surface area contributed by atoms with Crippen LogP contribution >= 0.6 is 22.9 Å². The smallest absolute Gasteiger partial charge is 0.340 e. The number of esters is 1. The summed E-state index contributed by atoms with van der Waals surface area (Å²) in [5.74, 6) is -0.565. The molecular formula is C21H23ClN4O3S. The van der Waals surface area contributed by atoms with Gasteiger partial charge in [0.1, 0.15) is 10.0 Å². The fraction of sp³-hybridized carbons (Fsp3) is 0.333. The number of carbonyl (C=O) groups is 1. The van der Waals surface area contributed by atoms with Gasteiger partial charge in [0.15, 0.2) is 0 Å². The molecule has 1 unspecified atom stereocenters. The lowest BCUT2D eigenvalue weighted by Crippen LogP contribution is -2.25. The van der Waals surface area contributed by atoms with Crippen LogP contribution in [0.15, 0.2) is 40.6 Å². The predicted octanol–water partition coefficient (Wildman–Crippen LogP) is 4.60. The third kappa shape index (κ3) is 4.39. The Bertz CT molecular complexity index is 1130. The maximum Gasteiger partial charge on any atom is 0.340 e. The van der Waals surface area contributed by atoms with E-state index >= 15 is 0 Å². The number of nitrogens with one attached hydrogen (secondary N) is 1. The minimum Gasteiger partial charge on any atom is -0.465 e. The molecule has 2 aromatic heterocycles. The van der Waals surface area contributed by atoms with Gasteiger partial charge in [0.2, 0.25) is 0 Å². The predicted molar refractivity (Wildman–Crippen MR) is 119 cm³/mol. The zero-order valence-corrected chi connectivity index (χ0v) is 19.0. The largest absolute Gasteiger partial charge is 0.465 e. The lowest BCUT2D eigenvalue weighted by atomic mass is 9.93. The topological polar surface area (TPSA) is 86.1 Å². The normalized spacial score (nSPS) is 12.5. The van der Waals surface area contributed by atoms with E-state index in [9.17, 15) is 9.59 Å². The van der Waals surface area contributed by atoms with Crippen LogP contribution in [0.4, 0.5) is 5.69 Å². The van der Waals surface area contributed by atoms with Gasteiger partial charge in [-0.3, -0.25) is 4.79 Å². The van der Waals surface area contributed by atoms with E-state index in [1.54, 1.807) is 35.6 Å². The Kier molecular flexibility index (Phi) is 6.28. The van der Waals surface area contributed by atoms with E-state index in [0.717, 1.165) is 15.4 Å². The van der Waals surface area contributed by atoms with Crippen molar-refractivity contribution in [2.75, 3.05) is 12.4 Å². The van der Waals surface area contributed by atoms with Crippen LogP contribution in [0.2, 0.25) is 5.02 Å². The quantitative estimate of drug-likeness (QED) is 0.576. The highest BCUT2D eigenvalue weighted by molar-refractivity contribution is 7.09. The molecule has 0 bridgehead atoms. The number of hydrogen-bond donors (Lipinski definition) is 1. The minimum atomic E-state index is -0.565. The molecule has 9 heteroatoms. The zero-order valence-electron chi connectivity index (χ0n) is 17.4. The number of para-hydroxylation sites is 1. The van der Waals surface area contributed by atoms with E-state index in [2.05, 4.69) is 31.2 Å². The van der Waals surface area contributed by atoms with E-state index in [0.29, 0.717) is 11.4 Å². The fourth-order valence-electron chi connectivity index (χ4n) is 2.77. The molecule has 1 aromatic carbocycles. The van der Waals surface area contributed by atoms with Gasteiger partial charge >= 0.3 is 5.97 Å². The summed E-state index contributed by atoms with van der Waals surface area (Å²) >= 11 is 7.90.